The molecular weight excluding hydrogens is 326 g/mol. The second-order valence-electron chi connectivity index (χ2n) is 7.48. The molecule has 2 fully saturated rings. The van der Waals surface area contributed by atoms with Crippen molar-refractivity contribution in [3.63, 3.8) is 0 Å². The van der Waals surface area contributed by atoms with Crippen molar-refractivity contribution in [3.05, 3.63) is 0 Å². The van der Waals surface area contributed by atoms with E-state index in [2.05, 4.69) is 10.6 Å². The first-order valence-electron chi connectivity index (χ1n) is 8.74. The number of rotatable bonds is 5. The van der Waals surface area contributed by atoms with Gasteiger partial charge in [-0.1, -0.05) is 13.8 Å². The average molecular weight is 353 g/mol. The summed E-state index contributed by atoms with van der Waals surface area (Å²) in [6.07, 6.45) is 1.97. The summed E-state index contributed by atoms with van der Waals surface area (Å²) < 4.78 is 0. The highest BCUT2D eigenvalue weighted by Gasteiger charge is 2.47. The van der Waals surface area contributed by atoms with Gasteiger partial charge >= 0.3 is 5.97 Å². The molecule has 25 heavy (non-hydrogen) atoms. The predicted molar refractivity (Wildman–Crippen MR) is 89.5 cm³/mol. The number of piperidine rings is 1. The van der Waals surface area contributed by atoms with Crippen molar-refractivity contribution in [2.75, 3.05) is 13.1 Å². The van der Waals surface area contributed by atoms with Gasteiger partial charge in [-0.15, -0.1) is 0 Å². The van der Waals surface area contributed by atoms with E-state index in [0.717, 1.165) is 0 Å². The number of carboxylic acid groups (broad SMARTS) is 1. The second kappa shape index (κ2) is 7.41. The van der Waals surface area contributed by atoms with Crippen LogP contribution >= 0.6 is 0 Å². The minimum absolute atomic E-state index is 0.0473. The number of nitrogens with one attached hydrogen (secondary N) is 2. The molecule has 2 heterocycles. The summed E-state index contributed by atoms with van der Waals surface area (Å²) in [4.78, 5) is 48.7. The van der Waals surface area contributed by atoms with Crippen LogP contribution in [-0.4, -0.2) is 58.4 Å². The van der Waals surface area contributed by atoms with Crippen molar-refractivity contribution < 1.29 is 24.3 Å². The van der Waals surface area contributed by atoms with Gasteiger partial charge in [-0.3, -0.25) is 14.4 Å². The number of aliphatic carboxylic acids is 1. The van der Waals surface area contributed by atoms with E-state index in [4.69, 9.17) is 0 Å². The third-order valence-electron chi connectivity index (χ3n) is 5.12. The maximum Gasteiger partial charge on any atom is 0.326 e. The highest BCUT2D eigenvalue weighted by molar-refractivity contribution is 5.85. The average Bonchev–Trinajstić information content (AvgIpc) is 2.81. The Morgan fingerprint density at radius 3 is 2.40 bits per heavy atom. The molecule has 8 nitrogen and oxygen atoms in total. The van der Waals surface area contributed by atoms with Crippen LogP contribution in [-0.2, 0) is 19.2 Å². The predicted octanol–water partition coefficient (Wildman–Crippen LogP) is 0.119. The smallest absolute Gasteiger partial charge is 0.326 e. The van der Waals surface area contributed by atoms with E-state index < -0.39 is 23.8 Å². The summed E-state index contributed by atoms with van der Waals surface area (Å²) in [7, 11) is 0. The Hall–Kier alpha value is -2.12. The molecule has 140 valence electrons. The van der Waals surface area contributed by atoms with Crippen molar-refractivity contribution in [3.8, 4) is 0 Å². The van der Waals surface area contributed by atoms with Gasteiger partial charge < -0.3 is 20.6 Å². The Morgan fingerprint density at radius 2 is 1.92 bits per heavy atom. The largest absolute Gasteiger partial charge is 0.480 e. The summed E-state index contributed by atoms with van der Waals surface area (Å²) in [6.45, 7) is 6.19. The molecule has 3 amide bonds. The van der Waals surface area contributed by atoms with Crippen LogP contribution in [0.4, 0.5) is 0 Å². The zero-order valence-corrected chi connectivity index (χ0v) is 15.0. The van der Waals surface area contributed by atoms with Gasteiger partial charge in [0.1, 0.15) is 6.04 Å². The van der Waals surface area contributed by atoms with E-state index in [1.807, 2.05) is 18.7 Å². The molecule has 8 heteroatoms. The fourth-order valence-corrected chi connectivity index (χ4v) is 3.77. The highest BCUT2D eigenvalue weighted by Crippen LogP contribution is 2.36. The summed E-state index contributed by atoms with van der Waals surface area (Å²) in [5, 5.41) is 14.6. The zero-order valence-electron chi connectivity index (χ0n) is 15.0. The molecule has 2 unspecified atom stereocenters. The van der Waals surface area contributed by atoms with Crippen molar-refractivity contribution in [1.82, 2.24) is 15.5 Å². The number of carbonyl (C=O) groups excluding carboxylic acids is 3. The fourth-order valence-electron chi connectivity index (χ4n) is 3.77. The Morgan fingerprint density at radius 1 is 1.32 bits per heavy atom. The van der Waals surface area contributed by atoms with Gasteiger partial charge in [0.15, 0.2) is 0 Å². The molecule has 0 aromatic carbocycles. The number of nitrogens with zero attached hydrogens (tertiary/aromatic N) is 1. The minimum Gasteiger partial charge on any atom is -0.480 e. The number of hydrogen-bond acceptors (Lipinski definition) is 4. The molecule has 0 aliphatic carbocycles. The first kappa shape index (κ1) is 19.2. The lowest BCUT2D eigenvalue weighted by molar-refractivity contribution is -0.142. The number of amides is 3. The van der Waals surface area contributed by atoms with Crippen molar-refractivity contribution in [2.45, 2.75) is 58.0 Å². The third-order valence-corrected chi connectivity index (χ3v) is 5.12. The number of hydrogen-bond donors (Lipinski definition) is 3. The molecule has 0 aromatic rings. The molecule has 2 rings (SSSR count). The van der Waals surface area contributed by atoms with Gasteiger partial charge in [-0.05, 0) is 25.7 Å². The Labute approximate surface area is 147 Å². The molecule has 2 aliphatic rings. The monoisotopic (exact) mass is 353 g/mol. The van der Waals surface area contributed by atoms with Crippen molar-refractivity contribution in [2.24, 2.45) is 11.8 Å². The standard InChI is InChI=1S/C17H27N3O5/c1-10(2)15(23)20-6-4-17(5-7-20)9-12(14(22)19-17)8-13(16(24)25)18-11(3)21/h10,12-13H,4-9H2,1-3H3,(H,18,21)(H,19,22)(H,24,25). The van der Waals surface area contributed by atoms with Gasteiger partial charge in [0.05, 0.1) is 0 Å². The topological polar surface area (TPSA) is 116 Å². The van der Waals surface area contributed by atoms with E-state index in [-0.39, 0.29) is 29.7 Å². The van der Waals surface area contributed by atoms with Gasteiger partial charge in [0, 0.05) is 37.4 Å². The van der Waals surface area contributed by atoms with Gasteiger partial charge in [-0.25, -0.2) is 4.79 Å². The van der Waals surface area contributed by atoms with Crippen LogP contribution in [0.5, 0.6) is 0 Å². The molecule has 0 bridgehead atoms. The first-order chi connectivity index (χ1) is 11.6. The van der Waals surface area contributed by atoms with Gasteiger partial charge in [0.25, 0.3) is 0 Å². The summed E-state index contributed by atoms with van der Waals surface area (Å²) in [5.74, 6) is -2.11. The lowest BCUT2D eigenvalue weighted by Crippen LogP contribution is -2.52. The zero-order chi connectivity index (χ0) is 18.8. The summed E-state index contributed by atoms with van der Waals surface area (Å²) in [5.41, 5.74) is -0.366. The van der Waals surface area contributed by atoms with Crippen LogP contribution in [0.2, 0.25) is 0 Å². The second-order valence-corrected chi connectivity index (χ2v) is 7.48. The normalized spacial score (nSPS) is 23.4. The fraction of sp³-hybridized carbons (Fsp3) is 0.765. The maximum absolute atomic E-state index is 12.3. The molecule has 0 aromatic heterocycles. The molecule has 2 atom stereocenters. The molecule has 1 spiro atoms. The Bertz CT molecular complexity index is 567. The van der Waals surface area contributed by atoms with Crippen molar-refractivity contribution in [1.29, 1.82) is 0 Å². The highest BCUT2D eigenvalue weighted by atomic mass is 16.4. The number of likely N-dealkylation sites (tertiary alicyclic amines) is 1. The van der Waals surface area contributed by atoms with E-state index in [0.29, 0.717) is 32.4 Å². The minimum atomic E-state index is -1.14. The van der Waals surface area contributed by atoms with E-state index >= 15 is 0 Å². The lowest BCUT2D eigenvalue weighted by Gasteiger charge is -2.40. The summed E-state index contributed by atoms with van der Waals surface area (Å²) in [6, 6.07) is -1.06. The molecule has 2 aliphatic heterocycles. The van der Waals surface area contributed by atoms with Crippen LogP contribution < -0.4 is 10.6 Å². The maximum atomic E-state index is 12.3. The van der Waals surface area contributed by atoms with Crippen LogP contribution in [0, 0.1) is 11.8 Å². The van der Waals surface area contributed by atoms with E-state index in [1.54, 1.807) is 0 Å². The number of carbonyl (C=O) groups is 4. The van der Waals surface area contributed by atoms with Gasteiger partial charge in [0.2, 0.25) is 17.7 Å². The molecule has 0 saturated carbocycles. The van der Waals surface area contributed by atoms with E-state index in [9.17, 15) is 24.3 Å². The van der Waals surface area contributed by atoms with Gasteiger partial charge in [-0.2, -0.15) is 0 Å². The number of carboxylic acids is 1. The van der Waals surface area contributed by atoms with Crippen LogP contribution in [0.3, 0.4) is 0 Å². The third kappa shape index (κ3) is 4.49. The Kier molecular flexibility index (Phi) is 5.69. The van der Waals surface area contributed by atoms with Crippen molar-refractivity contribution >= 4 is 23.7 Å². The summed E-state index contributed by atoms with van der Waals surface area (Å²) >= 11 is 0. The molecule has 2 saturated heterocycles. The molecular formula is C17H27N3O5. The first-order valence-corrected chi connectivity index (χ1v) is 8.74. The molecule has 0 radical (unpaired) electrons. The van der Waals surface area contributed by atoms with Crippen LogP contribution in [0.1, 0.15) is 46.5 Å². The lowest BCUT2D eigenvalue weighted by atomic mass is 9.82. The van der Waals surface area contributed by atoms with E-state index in [1.165, 1.54) is 6.92 Å². The van der Waals surface area contributed by atoms with Crippen LogP contribution in [0.25, 0.3) is 0 Å². The van der Waals surface area contributed by atoms with Crippen LogP contribution in [0.15, 0.2) is 0 Å². The quantitative estimate of drug-likeness (QED) is 0.649. The SMILES string of the molecule is CC(=O)NC(CC1CC2(CCN(C(=O)C(C)C)CC2)NC1=O)C(=O)O. The Balaban J connectivity index is 1.97. The molecule has 3 N–H and O–H groups in total.